The predicted octanol–water partition coefficient (Wildman–Crippen LogP) is 3.15. The standard InChI is InChI=1S/C19H18F3N5O/c20-19(21,22)17(26-9-4-8-23-26)11-18(28)25-10-7-16-14(13-25)12-24-27(16)15-5-2-1-3-6-15/h1-6,8-9,12,17H,7,10-11,13H2. The van der Waals surface area contributed by atoms with Gasteiger partial charge in [0.15, 0.2) is 6.04 Å². The largest absolute Gasteiger partial charge is 0.411 e. The number of hydrogen-bond acceptors (Lipinski definition) is 3. The number of amides is 1. The first kappa shape index (κ1) is 18.3. The molecule has 0 fully saturated rings. The summed E-state index contributed by atoms with van der Waals surface area (Å²) in [6, 6.07) is 9.04. The smallest absolute Gasteiger partial charge is 0.338 e. The molecule has 0 saturated heterocycles. The van der Waals surface area contributed by atoms with Crippen LogP contribution in [0.3, 0.4) is 0 Å². The molecule has 3 aromatic rings. The lowest BCUT2D eigenvalue weighted by molar-refractivity contribution is -0.177. The van der Waals surface area contributed by atoms with Crippen LogP contribution in [0, 0.1) is 0 Å². The molecule has 146 valence electrons. The summed E-state index contributed by atoms with van der Waals surface area (Å²) >= 11 is 0. The van der Waals surface area contributed by atoms with Gasteiger partial charge in [-0.3, -0.25) is 9.48 Å². The van der Waals surface area contributed by atoms with Crippen molar-refractivity contribution in [3.8, 4) is 5.69 Å². The molecular weight excluding hydrogens is 371 g/mol. The van der Waals surface area contributed by atoms with Crippen LogP contribution in [0.2, 0.25) is 0 Å². The summed E-state index contributed by atoms with van der Waals surface area (Å²) in [5, 5.41) is 8.05. The molecule has 1 aliphatic heterocycles. The lowest BCUT2D eigenvalue weighted by atomic mass is 10.1. The van der Waals surface area contributed by atoms with Gasteiger partial charge in [0.2, 0.25) is 5.91 Å². The first-order valence-electron chi connectivity index (χ1n) is 8.88. The van der Waals surface area contributed by atoms with Gasteiger partial charge in [-0.15, -0.1) is 0 Å². The minimum absolute atomic E-state index is 0.255. The fourth-order valence-electron chi connectivity index (χ4n) is 3.46. The number of alkyl halides is 3. The van der Waals surface area contributed by atoms with Gasteiger partial charge in [-0.1, -0.05) is 18.2 Å². The summed E-state index contributed by atoms with van der Waals surface area (Å²) in [5.74, 6) is -0.545. The Morgan fingerprint density at radius 1 is 1.14 bits per heavy atom. The van der Waals surface area contributed by atoms with E-state index in [2.05, 4.69) is 10.2 Å². The number of fused-ring (bicyclic) bond motifs is 1. The van der Waals surface area contributed by atoms with E-state index in [-0.39, 0.29) is 6.54 Å². The lowest BCUT2D eigenvalue weighted by Crippen LogP contribution is -2.39. The van der Waals surface area contributed by atoms with Gasteiger partial charge in [-0.2, -0.15) is 23.4 Å². The van der Waals surface area contributed by atoms with Gasteiger partial charge in [0.1, 0.15) is 0 Å². The summed E-state index contributed by atoms with van der Waals surface area (Å²) in [6.45, 7) is 0.610. The van der Waals surface area contributed by atoms with Crippen molar-refractivity contribution in [2.45, 2.75) is 31.6 Å². The van der Waals surface area contributed by atoms with Gasteiger partial charge in [-0.25, -0.2) is 4.68 Å². The van der Waals surface area contributed by atoms with Gasteiger partial charge >= 0.3 is 6.18 Å². The molecule has 0 N–H and O–H groups in total. The third-order valence-corrected chi connectivity index (χ3v) is 4.88. The minimum atomic E-state index is -4.55. The van der Waals surface area contributed by atoms with Crippen molar-refractivity contribution in [3.63, 3.8) is 0 Å². The molecule has 6 nitrogen and oxygen atoms in total. The first-order valence-corrected chi connectivity index (χ1v) is 8.88. The Balaban J connectivity index is 1.50. The van der Waals surface area contributed by atoms with Gasteiger partial charge in [0, 0.05) is 37.5 Å². The van der Waals surface area contributed by atoms with E-state index in [9.17, 15) is 18.0 Å². The van der Waals surface area contributed by atoms with E-state index >= 15 is 0 Å². The number of carbonyl (C=O) groups is 1. The van der Waals surface area contributed by atoms with Crippen molar-refractivity contribution in [1.82, 2.24) is 24.5 Å². The van der Waals surface area contributed by atoms with Crippen LogP contribution in [0.15, 0.2) is 55.0 Å². The van der Waals surface area contributed by atoms with Crippen molar-refractivity contribution >= 4 is 5.91 Å². The van der Waals surface area contributed by atoms with Crippen LogP contribution in [0.25, 0.3) is 5.69 Å². The molecule has 2 aromatic heterocycles. The maximum atomic E-state index is 13.4. The summed E-state index contributed by atoms with van der Waals surface area (Å²) in [6.07, 6.45) is -0.517. The van der Waals surface area contributed by atoms with Crippen LogP contribution in [-0.4, -0.2) is 43.1 Å². The SMILES string of the molecule is O=C(CC(n1cccn1)C(F)(F)F)N1CCc2c(cnn2-c2ccccc2)C1. The highest BCUT2D eigenvalue weighted by Gasteiger charge is 2.43. The molecule has 0 bridgehead atoms. The van der Waals surface area contributed by atoms with E-state index in [1.165, 1.54) is 23.4 Å². The van der Waals surface area contributed by atoms with Crippen molar-refractivity contribution in [2.24, 2.45) is 0 Å². The summed E-state index contributed by atoms with van der Waals surface area (Å²) in [4.78, 5) is 14.1. The van der Waals surface area contributed by atoms with E-state index in [1.54, 1.807) is 6.20 Å². The maximum Gasteiger partial charge on any atom is 0.411 e. The van der Waals surface area contributed by atoms with Crippen LogP contribution >= 0.6 is 0 Å². The van der Waals surface area contributed by atoms with Crippen molar-refractivity contribution in [3.05, 3.63) is 66.2 Å². The molecule has 0 saturated carbocycles. The number of carbonyl (C=O) groups excluding carboxylic acids is 1. The molecule has 1 aromatic carbocycles. The molecule has 4 rings (SSSR count). The number of para-hydroxylation sites is 1. The van der Waals surface area contributed by atoms with Gasteiger partial charge < -0.3 is 4.90 Å². The second-order valence-electron chi connectivity index (χ2n) is 6.68. The third-order valence-electron chi connectivity index (χ3n) is 4.88. The molecule has 3 heterocycles. The number of benzene rings is 1. The van der Waals surface area contributed by atoms with Crippen LogP contribution in [-0.2, 0) is 17.8 Å². The Morgan fingerprint density at radius 3 is 2.61 bits per heavy atom. The number of hydrogen-bond donors (Lipinski definition) is 0. The molecule has 28 heavy (non-hydrogen) atoms. The monoisotopic (exact) mass is 389 g/mol. The topological polar surface area (TPSA) is 56.0 Å². The van der Waals surface area contributed by atoms with Gasteiger partial charge in [-0.05, 0) is 18.2 Å². The Bertz CT molecular complexity index is 950. The highest BCUT2D eigenvalue weighted by atomic mass is 19.4. The Kier molecular flexibility index (Phi) is 4.66. The highest BCUT2D eigenvalue weighted by Crippen LogP contribution is 2.33. The molecule has 1 amide bonds. The lowest BCUT2D eigenvalue weighted by Gasteiger charge is -2.29. The third kappa shape index (κ3) is 3.51. The van der Waals surface area contributed by atoms with Crippen LogP contribution in [0.5, 0.6) is 0 Å². The molecular formula is C19H18F3N5O. The zero-order valence-corrected chi connectivity index (χ0v) is 14.9. The van der Waals surface area contributed by atoms with E-state index in [4.69, 9.17) is 0 Å². The van der Waals surface area contributed by atoms with E-state index < -0.39 is 24.5 Å². The molecule has 1 aliphatic rings. The van der Waals surface area contributed by atoms with Crippen LogP contribution in [0.4, 0.5) is 13.2 Å². The maximum absolute atomic E-state index is 13.4. The first-order chi connectivity index (χ1) is 13.4. The van der Waals surface area contributed by atoms with E-state index in [0.717, 1.165) is 21.6 Å². The van der Waals surface area contributed by atoms with Crippen molar-refractivity contribution in [2.75, 3.05) is 6.54 Å². The average molecular weight is 389 g/mol. The molecule has 0 spiro atoms. The van der Waals surface area contributed by atoms with E-state index in [0.29, 0.717) is 13.0 Å². The van der Waals surface area contributed by atoms with Crippen molar-refractivity contribution in [1.29, 1.82) is 0 Å². The second kappa shape index (κ2) is 7.14. The Labute approximate surface area is 159 Å². The number of aromatic nitrogens is 4. The minimum Gasteiger partial charge on any atom is -0.338 e. The van der Waals surface area contributed by atoms with Gasteiger partial charge in [0.05, 0.1) is 24.0 Å². The molecule has 0 radical (unpaired) electrons. The summed E-state index contributed by atoms with van der Waals surface area (Å²) < 4.78 is 42.8. The number of nitrogens with zero attached hydrogens (tertiary/aromatic N) is 5. The quantitative estimate of drug-likeness (QED) is 0.689. The van der Waals surface area contributed by atoms with Crippen molar-refractivity contribution < 1.29 is 18.0 Å². The average Bonchev–Trinajstić information content (AvgIpc) is 3.35. The fourth-order valence-corrected chi connectivity index (χ4v) is 3.46. The van der Waals surface area contributed by atoms with Crippen LogP contribution < -0.4 is 0 Å². The van der Waals surface area contributed by atoms with Crippen LogP contribution in [0.1, 0.15) is 23.7 Å². The highest BCUT2D eigenvalue weighted by molar-refractivity contribution is 5.77. The second-order valence-corrected chi connectivity index (χ2v) is 6.68. The predicted molar refractivity (Wildman–Crippen MR) is 94.6 cm³/mol. The zero-order chi connectivity index (χ0) is 19.7. The summed E-state index contributed by atoms with van der Waals surface area (Å²) in [5.41, 5.74) is 2.75. The normalized spacial score (nSPS) is 15.3. The molecule has 1 unspecified atom stereocenters. The van der Waals surface area contributed by atoms with Gasteiger partial charge in [0.25, 0.3) is 0 Å². The molecule has 0 aliphatic carbocycles. The summed E-state index contributed by atoms with van der Waals surface area (Å²) in [7, 11) is 0. The molecule has 1 atom stereocenters. The van der Waals surface area contributed by atoms with E-state index in [1.807, 2.05) is 35.0 Å². The number of rotatable bonds is 4. The number of halogens is 3. The Hall–Kier alpha value is -3.10. The Morgan fingerprint density at radius 2 is 1.93 bits per heavy atom. The molecule has 9 heteroatoms. The zero-order valence-electron chi connectivity index (χ0n) is 14.9. The fraction of sp³-hybridized carbons (Fsp3) is 0.316.